The van der Waals surface area contributed by atoms with Crippen LogP contribution in [0.5, 0.6) is 0 Å². The van der Waals surface area contributed by atoms with E-state index in [1.54, 1.807) is 0 Å². The van der Waals surface area contributed by atoms with Gasteiger partial charge in [-0.1, -0.05) is 87.5 Å². The summed E-state index contributed by atoms with van der Waals surface area (Å²) in [7, 11) is 0. The van der Waals surface area contributed by atoms with Crippen LogP contribution < -0.4 is 5.73 Å². The Morgan fingerprint density at radius 2 is 1.67 bits per heavy atom. The van der Waals surface area contributed by atoms with Crippen LogP contribution in [-0.4, -0.2) is 17.8 Å². The largest absolute Gasteiger partial charge is 0.481 e. The average molecular weight is 527 g/mol. The van der Waals surface area contributed by atoms with E-state index in [4.69, 9.17) is 10.8 Å². The minimum Gasteiger partial charge on any atom is -0.481 e. The quantitative estimate of drug-likeness (QED) is 0.290. The van der Waals surface area contributed by atoms with E-state index in [1.165, 1.54) is 52.6 Å². The zero-order valence-corrected chi connectivity index (χ0v) is 24.2. The summed E-state index contributed by atoms with van der Waals surface area (Å²) in [5.41, 5.74) is 15.2. The maximum Gasteiger partial charge on any atom is 0.306 e. The highest BCUT2D eigenvalue weighted by Crippen LogP contribution is 2.34. The van der Waals surface area contributed by atoms with Gasteiger partial charge in [-0.15, -0.1) is 0 Å². The molecule has 2 aliphatic rings. The topological polar surface area (TPSA) is 75.7 Å². The molecule has 4 nitrogen and oxygen atoms in total. The summed E-state index contributed by atoms with van der Waals surface area (Å²) in [6.07, 6.45) is 7.73. The number of carbonyl (C=O) groups is 1. The number of aliphatic carboxylic acids is 1. The first-order valence-corrected chi connectivity index (χ1v) is 14.5. The molecule has 2 aliphatic carbocycles. The first-order valence-electron chi connectivity index (χ1n) is 14.5. The van der Waals surface area contributed by atoms with Gasteiger partial charge in [0.25, 0.3) is 0 Å². The van der Waals surface area contributed by atoms with E-state index < -0.39 is 5.97 Å². The Morgan fingerprint density at radius 1 is 1.00 bits per heavy atom. The molecule has 2 saturated carbocycles. The van der Waals surface area contributed by atoms with Crippen molar-refractivity contribution in [3.8, 4) is 11.1 Å². The molecule has 0 saturated heterocycles. The molecule has 4 heteroatoms. The Hall–Kier alpha value is -3.24. The first kappa shape index (κ1) is 30.3. The van der Waals surface area contributed by atoms with E-state index in [2.05, 4.69) is 100 Å². The van der Waals surface area contributed by atoms with Crippen molar-refractivity contribution in [1.82, 2.24) is 0 Å². The second-order valence-electron chi connectivity index (χ2n) is 11.1. The third-order valence-electron chi connectivity index (χ3n) is 7.85. The number of nitrogens with two attached hydrogens (primary N) is 1. The number of carboxylic acids is 1. The van der Waals surface area contributed by atoms with Crippen LogP contribution in [0, 0.1) is 24.7 Å². The lowest BCUT2D eigenvalue weighted by Gasteiger charge is -2.28. The molecule has 3 N–H and O–H groups in total. The van der Waals surface area contributed by atoms with Crippen LogP contribution in [0.3, 0.4) is 0 Å². The predicted octanol–water partition coefficient (Wildman–Crippen LogP) is 8.20. The van der Waals surface area contributed by atoms with Gasteiger partial charge in [0.05, 0.1) is 5.92 Å². The van der Waals surface area contributed by atoms with Gasteiger partial charge in [0.1, 0.15) is 6.17 Å². The normalized spacial score (nSPS) is 18.4. The van der Waals surface area contributed by atoms with E-state index in [1.807, 2.05) is 6.07 Å². The highest BCUT2D eigenvalue weighted by molar-refractivity contribution is 5.71. The van der Waals surface area contributed by atoms with Gasteiger partial charge < -0.3 is 10.8 Å². The van der Waals surface area contributed by atoms with Crippen LogP contribution in [0.15, 0.2) is 71.7 Å². The SMILES string of the molecule is C=NC(N)c1ccc(CC)c(CC)c1.CC1CC(C(=O)O)C1.Cc1cc(CC2CC2)ccc1-c1ccccc1. The fourth-order valence-corrected chi connectivity index (χ4v) is 5.16. The number of hydrogen-bond acceptors (Lipinski definition) is 3. The number of nitrogens with zero attached hydrogens (tertiary/aromatic N) is 1. The van der Waals surface area contributed by atoms with Crippen molar-refractivity contribution < 1.29 is 9.90 Å². The molecule has 1 unspecified atom stereocenters. The molecule has 0 aromatic heterocycles. The highest BCUT2D eigenvalue weighted by atomic mass is 16.4. The Balaban J connectivity index is 0.000000172. The molecule has 1 atom stereocenters. The van der Waals surface area contributed by atoms with Gasteiger partial charge in [-0.2, -0.15) is 0 Å². The minimum absolute atomic E-state index is 0.0231. The summed E-state index contributed by atoms with van der Waals surface area (Å²) >= 11 is 0. The van der Waals surface area contributed by atoms with Crippen LogP contribution in [0.4, 0.5) is 0 Å². The Kier molecular flexibility index (Phi) is 11.5. The number of rotatable bonds is 8. The molecule has 5 rings (SSSR count). The second kappa shape index (κ2) is 14.8. The van der Waals surface area contributed by atoms with Gasteiger partial charge in [0.2, 0.25) is 0 Å². The van der Waals surface area contributed by atoms with Gasteiger partial charge >= 0.3 is 5.97 Å². The molecular formula is C35H46N2O2. The summed E-state index contributed by atoms with van der Waals surface area (Å²) in [6, 6.07) is 23.9. The predicted molar refractivity (Wildman–Crippen MR) is 164 cm³/mol. The monoisotopic (exact) mass is 526 g/mol. The first-order chi connectivity index (χ1) is 18.7. The van der Waals surface area contributed by atoms with Crippen molar-refractivity contribution in [3.63, 3.8) is 0 Å². The zero-order chi connectivity index (χ0) is 28.4. The molecule has 0 bridgehead atoms. The van der Waals surface area contributed by atoms with Gasteiger partial charge in [0.15, 0.2) is 0 Å². The van der Waals surface area contributed by atoms with Gasteiger partial charge in [-0.05, 0) is 109 Å². The van der Waals surface area contributed by atoms with E-state index in [0.29, 0.717) is 5.92 Å². The van der Waals surface area contributed by atoms with E-state index in [9.17, 15) is 4.79 Å². The standard InChI is InChI=1S/C17H18.C12H18N2.C6H10O2/c1-13-11-15(12-14-7-8-14)9-10-17(13)16-5-3-2-4-6-16;1-4-9-6-7-11(12(13)14-3)8-10(9)5-2;1-4-2-5(3-4)6(7)8/h2-6,9-11,14H,7-8,12H2,1H3;6-8,12H,3-5,13H2,1-2H3;4-5H,2-3H2,1H3,(H,7,8). The smallest absolute Gasteiger partial charge is 0.306 e. The van der Waals surface area contributed by atoms with Crippen LogP contribution in [0.25, 0.3) is 11.1 Å². The number of carboxylic acid groups (broad SMARTS) is 1. The fourth-order valence-electron chi connectivity index (χ4n) is 5.16. The number of hydrogen-bond donors (Lipinski definition) is 2. The van der Waals surface area contributed by atoms with Crippen molar-refractivity contribution in [1.29, 1.82) is 0 Å². The van der Waals surface area contributed by atoms with Crippen LogP contribution >= 0.6 is 0 Å². The maximum atomic E-state index is 10.1. The van der Waals surface area contributed by atoms with Crippen molar-refractivity contribution in [2.24, 2.45) is 28.5 Å². The van der Waals surface area contributed by atoms with Crippen molar-refractivity contribution in [3.05, 3.63) is 94.5 Å². The highest BCUT2D eigenvalue weighted by Gasteiger charge is 2.30. The minimum atomic E-state index is -0.622. The van der Waals surface area contributed by atoms with Crippen LogP contribution in [0.2, 0.25) is 0 Å². The Labute approximate surface area is 235 Å². The second-order valence-corrected chi connectivity index (χ2v) is 11.1. The lowest BCUT2D eigenvalue weighted by Crippen LogP contribution is -2.28. The lowest BCUT2D eigenvalue weighted by atomic mass is 9.76. The van der Waals surface area contributed by atoms with Crippen molar-refractivity contribution in [2.75, 3.05) is 0 Å². The molecule has 3 aromatic rings. The molecular weight excluding hydrogens is 480 g/mol. The number of aryl methyl sites for hydroxylation is 3. The molecule has 0 amide bonds. The summed E-state index contributed by atoms with van der Waals surface area (Å²) < 4.78 is 0. The van der Waals surface area contributed by atoms with E-state index in [0.717, 1.165) is 37.2 Å². The molecule has 2 fully saturated rings. The molecule has 0 aliphatic heterocycles. The number of aliphatic imine (C=N–C) groups is 1. The average Bonchev–Trinajstić information content (AvgIpc) is 3.75. The third-order valence-corrected chi connectivity index (χ3v) is 7.85. The van der Waals surface area contributed by atoms with Crippen molar-refractivity contribution >= 4 is 12.7 Å². The lowest BCUT2D eigenvalue weighted by molar-refractivity contribution is -0.146. The summed E-state index contributed by atoms with van der Waals surface area (Å²) in [5.74, 6) is 0.973. The van der Waals surface area contributed by atoms with E-state index in [-0.39, 0.29) is 12.1 Å². The fraction of sp³-hybridized carbons (Fsp3) is 0.429. The summed E-state index contributed by atoms with van der Waals surface area (Å²) in [5, 5.41) is 8.35. The van der Waals surface area contributed by atoms with Gasteiger partial charge in [0, 0.05) is 0 Å². The Bertz CT molecular complexity index is 1210. The van der Waals surface area contributed by atoms with E-state index >= 15 is 0 Å². The van der Waals surface area contributed by atoms with Gasteiger partial charge in [-0.3, -0.25) is 9.79 Å². The zero-order valence-electron chi connectivity index (χ0n) is 24.2. The van der Waals surface area contributed by atoms with Gasteiger partial charge in [-0.25, -0.2) is 0 Å². The molecule has 0 radical (unpaired) electrons. The molecule has 0 spiro atoms. The van der Waals surface area contributed by atoms with Crippen molar-refractivity contribution in [2.45, 2.75) is 78.8 Å². The van der Waals surface area contributed by atoms with Crippen LogP contribution in [-0.2, 0) is 24.1 Å². The molecule has 208 valence electrons. The summed E-state index contributed by atoms with van der Waals surface area (Å²) in [6.45, 7) is 12.1. The maximum absolute atomic E-state index is 10.1. The van der Waals surface area contributed by atoms with Crippen LogP contribution in [0.1, 0.15) is 80.4 Å². The molecule has 39 heavy (non-hydrogen) atoms. The number of benzene rings is 3. The Morgan fingerprint density at radius 3 is 2.15 bits per heavy atom. The summed E-state index contributed by atoms with van der Waals surface area (Å²) in [4.78, 5) is 13.9. The molecule has 3 aromatic carbocycles. The molecule has 0 heterocycles. The third kappa shape index (κ3) is 9.18.